The fourth-order valence-corrected chi connectivity index (χ4v) is 2.49. The van der Waals surface area contributed by atoms with E-state index in [1.54, 1.807) is 0 Å². The minimum atomic E-state index is -3.42. The van der Waals surface area contributed by atoms with Gasteiger partial charge in [-0.15, -0.1) is 0 Å². The number of hydrogen-bond donors (Lipinski definition) is 0. The van der Waals surface area contributed by atoms with Crippen LogP contribution in [0.5, 0.6) is 0 Å². The molecular formula is C10H13BrO3S. The Labute approximate surface area is 98.7 Å². The van der Waals surface area contributed by atoms with Crippen LogP contribution < -0.4 is 0 Å². The highest BCUT2D eigenvalue weighted by Gasteiger charge is 2.17. The summed E-state index contributed by atoms with van der Waals surface area (Å²) in [6.07, 6.45) is 1.25. The lowest BCUT2D eigenvalue weighted by atomic mass is 10.1. The van der Waals surface area contributed by atoms with Crippen LogP contribution in [0.25, 0.3) is 0 Å². The third-order valence-corrected chi connectivity index (χ3v) is 3.22. The summed E-state index contributed by atoms with van der Waals surface area (Å²) in [6, 6.07) is 7.45. The summed E-state index contributed by atoms with van der Waals surface area (Å²) in [5.74, 6) is 0. The average Bonchev–Trinajstić information content (AvgIpc) is 2.14. The SMILES string of the molecule is CCC(OS(C)(=O)=O)c1ccccc1Br. The zero-order valence-electron chi connectivity index (χ0n) is 8.60. The zero-order valence-corrected chi connectivity index (χ0v) is 11.0. The lowest BCUT2D eigenvalue weighted by Gasteiger charge is -2.15. The third-order valence-electron chi connectivity index (χ3n) is 1.91. The molecule has 1 atom stereocenters. The second-order valence-corrected chi connectivity index (χ2v) is 5.67. The van der Waals surface area contributed by atoms with Crippen LogP contribution in [0.1, 0.15) is 25.0 Å². The Morgan fingerprint density at radius 2 is 2.00 bits per heavy atom. The quantitative estimate of drug-likeness (QED) is 0.802. The average molecular weight is 293 g/mol. The monoisotopic (exact) mass is 292 g/mol. The first-order chi connectivity index (χ1) is 6.94. The van der Waals surface area contributed by atoms with Gasteiger partial charge in [-0.05, 0) is 18.1 Å². The smallest absolute Gasteiger partial charge is 0.262 e. The predicted octanol–water partition coefficient (Wildman–Crippen LogP) is 2.88. The van der Waals surface area contributed by atoms with E-state index in [9.17, 15) is 8.42 Å². The van der Waals surface area contributed by atoms with Gasteiger partial charge in [0.25, 0.3) is 10.1 Å². The molecule has 1 aromatic rings. The van der Waals surface area contributed by atoms with Crippen molar-refractivity contribution in [3.05, 3.63) is 34.3 Å². The molecule has 0 spiro atoms. The largest absolute Gasteiger partial charge is 0.264 e. The van der Waals surface area contributed by atoms with Gasteiger partial charge in [-0.3, -0.25) is 4.18 Å². The fourth-order valence-electron chi connectivity index (χ4n) is 1.29. The maximum Gasteiger partial charge on any atom is 0.264 e. The lowest BCUT2D eigenvalue weighted by Crippen LogP contribution is -2.10. The van der Waals surface area contributed by atoms with Gasteiger partial charge in [-0.25, -0.2) is 0 Å². The molecule has 1 unspecified atom stereocenters. The Kier molecular flexibility index (Phi) is 4.31. The molecule has 0 aliphatic rings. The van der Waals surface area contributed by atoms with Crippen LogP contribution in [-0.2, 0) is 14.3 Å². The number of hydrogen-bond acceptors (Lipinski definition) is 3. The van der Waals surface area contributed by atoms with Gasteiger partial charge in [-0.2, -0.15) is 8.42 Å². The Hall–Kier alpha value is -0.390. The van der Waals surface area contributed by atoms with Crippen LogP contribution >= 0.6 is 15.9 Å². The topological polar surface area (TPSA) is 43.4 Å². The van der Waals surface area contributed by atoms with Crippen molar-refractivity contribution >= 4 is 26.0 Å². The summed E-state index contributed by atoms with van der Waals surface area (Å²) >= 11 is 3.37. The molecule has 0 aromatic heterocycles. The van der Waals surface area contributed by atoms with E-state index in [1.807, 2.05) is 31.2 Å². The molecule has 0 saturated carbocycles. The van der Waals surface area contributed by atoms with Crippen molar-refractivity contribution in [2.75, 3.05) is 6.26 Å². The van der Waals surface area contributed by atoms with Crippen LogP contribution in [-0.4, -0.2) is 14.7 Å². The first-order valence-electron chi connectivity index (χ1n) is 4.56. The van der Waals surface area contributed by atoms with E-state index in [0.717, 1.165) is 16.3 Å². The van der Waals surface area contributed by atoms with Crippen LogP contribution in [0.4, 0.5) is 0 Å². The lowest BCUT2D eigenvalue weighted by molar-refractivity contribution is 0.210. The Balaban J connectivity index is 2.98. The molecule has 0 bridgehead atoms. The fraction of sp³-hybridized carbons (Fsp3) is 0.400. The van der Waals surface area contributed by atoms with E-state index in [2.05, 4.69) is 15.9 Å². The van der Waals surface area contributed by atoms with Crippen molar-refractivity contribution in [2.24, 2.45) is 0 Å². The highest BCUT2D eigenvalue weighted by molar-refractivity contribution is 9.10. The van der Waals surface area contributed by atoms with Gasteiger partial charge in [0.2, 0.25) is 0 Å². The molecule has 0 radical (unpaired) electrons. The highest BCUT2D eigenvalue weighted by atomic mass is 79.9. The van der Waals surface area contributed by atoms with E-state index >= 15 is 0 Å². The van der Waals surface area contributed by atoms with Crippen molar-refractivity contribution in [3.8, 4) is 0 Å². The first kappa shape index (κ1) is 12.7. The maximum atomic E-state index is 11.0. The minimum absolute atomic E-state index is 0.421. The summed E-state index contributed by atoms with van der Waals surface area (Å²) in [7, 11) is -3.42. The van der Waals surface area contributed by atoms with Crippen molar-refractivity contribution in [1.29, 1.82) is 0 Å². The second-order valence-electron chi connectivity index (χ2n) is 3.22. The molecular weight excluding hydrogens is 280 g/mol. The van der Waals surface area contributed by atoms with E-state index in [0.29, 0.717) is 6.42 Å². The van der Waals surface area contributed by atoms with Gasteiger partial charge >= 0.3 is 0 Å². The van der Waals surface area contributed by atoms with Crippen molar-refractivity contribution < 1.29 is 12.6 Å². The van der Waals surface area contributed by atoms with Crippen LogP contribution in [0.2, 0.25) is 0 Å². The van der Waals surface area contributed by atoms with Gasteiger partial charge in [0, 0.05) is 4.47 Å². The molecule has 0 aliphatic heterocycles. The van der Waals surface area contributed by atoms with Gasteiger partial charge in [0.1, 0.15) is 6.10 Å². The van der Waals surface area contributed by atoms with E-state index < -0.39 is 16.2 Å². The standard InChI is InChI=1S/C10H13BrO3S/c1-3-10(14-15(2,12)13)8-6-4-5-7-9(8)11/h4-7,10H,3H2,1-2H3. The molecule has 0 aliphatic carbocycles. The Morgan fingerprint density at radius 3 is 2.47 bits per heavy atom. The van der Waals surface area contributed by atoms with E-state index in [4.69, 9.17) is 4.18 Å². The zero-order chi connectivity index (χ0) is 11.5. The second kappa shape index (κ2) is 5.09. The minimum Gasteiger partial charge on any atom is -0.262 e. The molecule has 0 heterocycles. The third kappa shape index (κ3) is 3.93. The Morgan fingerprint density at radius 1 is 1.40 bits per heavy atom. The van der Waals surface area contributed by atoms with E-state index in [-0.39, 0.29) is 0 Å². The van der Waals surface area contributed by atoms with Crippen LogP contribution in [0, 0.1) is 0 Å². The molecule has 1 aromatic carbocycles. The normalized spacial score (nSPS) is 13.8. The predicted molar refractivity (Wildman–Crippen MR) is 63.1 cm³/mol. The van der Waals surface area contributed by atoms with Gasteiger partial charge in [0.15, 0.2) is 0 Å². The molecule has 0 N–H and O–H groups in total. The van der Waals surface area contributed by atoms with Gasteiger partial charge in [0.05, 0.1) is 6.26 Å². The summed E-state index contributed by atoms with van der Waals surface area (Å²) in [5.41, 5.74) is 0.852. The van der Waals surface area contributed by atoms with Crippen LogP contribution in [0.3, 0.4) is 0 Å². The Bertz CT molecular complexity index is 428. The molecule has 0 saturated heterocycles. The first-order valence-corrected chi connectivity index (χ1v) is 7.17. The molecule has 0 fully saturated rings. The van der Waals surface area contributed by atoms with Crippen molar-refractivity contribution in [3.63, 3.8) is 0 Å². The van der Waals surface area contributed by atoms with Gasteiger partial charge < -0.3 is 0 Å². The summed E-state index contributed by atoms with van der Waals surface area (Å²) in [6.45, 7) is 1.88. The maximum absolute atomic E-state index is 11.0. The van der Waals surface area contributed by atoms with Crippen molar-refractivity contribution in [2.45, 2.75) is 19.4 Å². The molecule has 15 heavy (non-hydrogen) atoms. The van der Waals surface area contributed by atoms with E-state index in [1.165, 1.54) is 0 Å². The molecule has 84 valence electrons. The number of rotatable bonds is 4. The van der Waals surface area contributed by atoms with Crippen LogP contribution in [0.15, 0.2) is 28.7 Å². The number of halogens is 1. The molecule has 5 heteroatoms. The molecule has 3 nitrogen and oxygen atoms in total. The molecule has 1 rings (SSSR count). The number of benzene rings is 1. The summed E-state index contributed by atoms with van der Waals surface area (Å²) in [5, 5.41) is 0. The van der Waals surface area contributed by atoms with Gasteiger partial charge in [-0.1, -0.05) is 41.1 Å². The summed E-state index contributed by atoms with van der Waals surface area (Å²) in [4.78, 5) is 0. The molecule has 0 amide bonds. The summed E-state index contributed by atoms with van der Waals surface area (Å²) < 4.78 is 28.0. The highest BCUT2D eigenvalue weighted by Crippen LogP contribution is 2.29. The van der Waals surface area contributed by atoms with Crippen molar-refractivity contribution in [1.82, 2.24) is 0 Å².